The molecule has 0 fully saturated rings. The second-order valence-corrected chi connectivity index (χ2v) is 17.5. The van der Waals surface area contributed by atoms with Gasteiger partial charge in [-0.3, -0.25) is 52.7 Å². The first kappa shape index (κ1) is 64.7. The second kappa shape index (κ2) is 34.2. The number of benzene rings is 1. The van der Waals surface area contributed by atoms with Crippen LogP contribution in [0.5, 0.6) is 0 Å². The highest BCUT2D eigenvalue weighted by Gasteiger charge is 2.35. The Hall–Kier alpha value is -7.30. The van der Waals surface area contributed by atoms with E-state index in [-0.39, 0.29) is 38.6 Å². The summed E-state index contributed by atoms with van der Waals surface area (Å²) in [4.78, 5) is 154. The molecule has 0 aliphatic heterocycles. The van der Waals surface area contributed by atoms with Gasteiger partial charge in [0.05, 0.1) is 19.3 Å². The molecule has 0 saturated heterocycles. The number of nitrogens with two attached hydrogens (primary N) is 3. The Bertz CT molecular complexity index is 2080. The highest BCUT2D eigenvalue weighted by atomic mass is 16.4. The van der Waals surface area contributed by atoms with E-state index in [0.29, 0.717) is 31.4 Å². The maximum atomic E-state index is 14.0. The molecule has 10 atom stereocenters. The zero-order valence-corrected chi connectivity index (χ0v) is 42.3. The Morgan fingerprint density at radius 1 is 0.527 bits per heavy atom. The fraction of sp³-hybridized carbons (Fsp3) is 0.609. The number of nitrogens with one attached hydrogen (secondary N) is 10. The van der Waals surface area contributed by atoms with Crippen molar-refractivity contribution < 1.29 is 72.9 Å². The van der Waals surface area contributed by atoms with Gasteiger partial charge in [-0.15, -0.1) is 0 Å². The molecule has 414 valence electrons. The molecule has 11 amide bonds. The fourth-order valence-electron chi connectivity index (χ4n) is 6.73. The largest absolute Gasteiger partial charge is 0.480 e. The zero-order valence-electron chi connectivity index (χ0n) is 42.3. The van der Waals surface area contributed by atoms with Crippen LogP contribution in [0.2, 0.25) is 0 Å². The number of carboxylic acid groups (broad SMARTS) is 1. The predicted octanol–water partition coefficient (Wildman–Crippen LogP) is -6.23. The van der Waals surface area contributed by atoms with Gasteiger partial charge in [-0.1, -0.05) is 30.3 Å². The van der Waals surface area contributed by atoms with Crippen LogP contribution in [-0.4, -0.2) is 173 Å². The van der Waals surface area contributed by atoms with Gasteiger partial charge in [0.25, 0.3) is 0 Å². The van der Waals surface area contributed by atoms with E-state index in [9.17, 15) is 72.9 Å². The second-order valence-electron chi connectivity index (χ2n) is 17.5. The van der Waals surface area contributed by atoms with Crippen LogP contribution in [0, 0.1) is 0 Å². The van der Waals surface area contributed by atoms with Gasteiger partial charge in [-0.25, -0.2) is 4.79 Å². The normalized spacial score (nSPS) is 14.9. The average Bonchev–Trinajstić information content (AvgIpc) is 3.34. The van der Waals surface area contributed by atoms with E-state index in [1.54, 1.807) is 30.3 Å². The lowest BCUT2D eigenvalue weighted by Gasteiger charge is -2.28. The van der Waals surface area contributed by atoms with Crippen molar-refractivity contribution in [3.8, 4) is 0 Å². The standard InChI is InChI=1S/C46H75N13O15/c1-24(51-36(64)22-50-28(5)62)39(66)54-31(17-18-35(49)63)41(68)57-33(21-29-13-7-6-8-14-29)43(70)58-34(23-60)44(71)55-30(15-9-11-19-47)42(69)59-37(27(4)61)45(72)53-25(2)38(65)52-26(3)40(67)56-32(46(73)74)16-10-12-20-48/h6-8,13-14,24-27,30-34,37,60-61H,9-12,15-23,47-48H2,1-5H3,(H2,49,63)(H,50,62)(H,51,64)(H,52,65)(H,53,72)(H,54,66)(H,55,71)(H,56,67)(H,57,68)(H,58,70)(H,59,69)(H,73,74)/t24-,25-,26-,27+,30-,31-,32-,33-,34-,37-/m0/s1. The molecule has 0 aliphatic rings. The number of aliphatic hydroxyl groups excluding tert-OH is 2. The van der Waals surface area contributed by atoms with E-state index in [4.69, 9.17) is 17.2 Å². The molecule has 19 N–H and O–H groups in total. The summed E-state index contributed by atoms with van der Waals surface area (Å²) in [6, 6.07) is -4.92. The van der Waals surface area contributed by atoms with Crippen LogP contribution in [-0.2, 0) is 64.0 Å². The lowest BCUT2D eigenvalue weighted by Crippen LogP contribution is -2.62. The van der Waals surface area contributed by atoms with E-state index in [1.165, 1.54) is 27.7 Å². The number of amides is 11. The highest BCUT2D eigenvalue weighted by molar-refractivity contribution is 5.98. The number of carbonyl (C=O) groups excluding carboxylic acids is 11. The van der Waals surface area contributed by atoms with Gasteiger partial charge >= 0.3 is 5.97 Å². The summed E-state index contributed by atoms with van der Waals surface area (Å²) in [5.74, 6) is -11.1. The van der Waals surface area contributed by atoms with Crippen molar-refractivity contribution in [2.45, 2.75) is 153 Å². The number of carbonyl (C=O) groups is 12. The first-order chi connectivity index (χ1) is 34.8. The maximum absolute atomic E-state index is 14.0. The van der Waals surface area contributed by atoms with E-state index < -0.39 is 151 Å². The van der Waals surface area contributed by atoms with Crippen LogP contribution in [0.4, 0.5) is 0 Å². The van der Waals surface area contributed by atoms with Crippen molar-refractivity contribution >= 4 is 70.9 Å². The van der Waals surface area contributed by atoms with Crippen LogP contribution in [0.15, 0.2) is 30.3 Å². The average molecular weight is 1050 g/mol. The Morgan fingerprint density at radius 2 is 0.959 bits per heavy atom. The molecular weight excluding hydrogens is 975 g/mol. The highest BCUT2D eigenvalue weighted by Crippen LogP contribution is 2.09. The van der Waals surface area contributed by atoms with Crippen molar-refractivity contribution in [3.63, 3.8) is 0 Å². The molecule has 0 aromatic heterocycles. The van der Waals surface area contributed by atoms with Crippen molar-refractivity contribution in [2.24, 2.45) is 17.2 Å². The summed E-state index contributed by atoms with van der Waals surface area (Å²) >= 11 is 0. The van der Waals surface area contributed by atoms with Gasteiger partial charge < -0.3 is 85.7 Å². The molecule has 28 nitrogen and oxygen atoms in total. The number of carboxylic acids is 1. The van der Waals surface area contributed by atoms with Gasteiger partial charge in [0.2, 0.25) is 65.0 Å². The summed E-state index contributed by atoms with van der Waals surface area (Å²) < 4.78 is 0. The number of unbranched alkanes of at least 4 members (excludes halogenated alkanes) is 2. The van der Waals surface area contributed by atoms with Crippen molar-refractivity contribution in [1.82, 2.24) is 53.2 Å². The Kier molecular flexibility index (Phi) is 29.9. The van der Waals surface area contributed by atoms with Crippen LogP contribution in [0.25, 0.3) is 0 Å². The van der Waals surface area contributed by atoms with Gasteiger partial charge in [-0.05, 0) is 91.3 Å². The third-order valence-corrected chi connectivity index (χ3v) is 11.0. The molecule has 0 radical (unpaired) electrons. The number of hydrogen-bond donors (Lipinski definition) is 16. The minimum atomic E-state index is -1.78. The van der Waals surface area contributed by atoms with E-state index in [0.717, 1.165) is 6.92 Å². The third kappa shape index (κ3) is 24.9. The third-order valence-electron chi connectivity index (χ3n) is 11.0. The Morgan fingerprint density at radius 3 is 1.47 bits per heavy atom. The monoisotopic (exact) mass is 1050 g/mol. The molecule has 1 aromatic rings. The Balaban J connectivity index is 3.27. The maximum Gasteiger partial charge on any atom is 0.326 e. The quantitative estimate of drug-likeness (QED) is 0.0281. The number of aliphatic hydroxyl groups is 2. The van der Waals surface area contributed by atoms with Crippen LogP contribution in [0.3, 0.4) is 0 Å². The zero-order chi connectivity index (χ0) is 56.1. The number of rotatable bonds is 35. The number of primary amides is 1. The van der Waals surface area contributed by atoms with Gasteiger partial charge in [0, 0.05) is 19.8 Å². The molecule has 0 heterocycles. The number of aliphatic carboxylic acids is 1. The molecule has 1 rings (SSSR count). The summed E-state index contributed by atoms with van der Waals surface area (Å²) in [6.45, 7) is 5.17. The predicted molar refractivity (Wildman–Crippen MR) is 264 cm³/mol. The Labute approximate surface area is 428 Å². The molecule has 0 saturated carbocycles. The topological polar surface area (TPSA) is 464 Å². The lowest BCUT2D eigenvalue weighted by molar-refractivity contribution is -0.142. The van der Waals surface area contributed by atoms with Crippen molar-refractivity contribution in [2.75, 3.05) is 26.2 Å². The summed E-state index contributed by atoms with van der Waals surface area (Å²) in [7, 11) is 0. The van der Waals surface area contributed by atoms with Gasteiger partial charge in [-0.2, -0.15) is 0 Å². The van der Waals surface area contributed by atoms with Crippen LogP contribution < -0.4 is 70.4 Å². The SMILES string of the molecule is CC(=O)NCC(=O)N[C@@H](C)C(=O)N[C@@H](CCC(N)=O)C(=O)N[C@@H](Cc1ccccc1)C(=O)N[C@@H](CO)C(=O)N[C@@H](CCCCN)C(=O)N[C@H](C(=O)N[C@@H](C)C(=O)N[C@@H](C)C(=O)N[C@@H](CCCCN)C(=O)O)[C@@H](C)O. The molecule has 74 heavy (non-hydrogen) atoms. The molecule has 0 bridgehead atoms. The first-order valence-electron chi connectivity index (χ1n) is 24.1. The fourth-order valence-corrected chi connectivity index (χ4v) is 6.73. The van der Waals surface area contributed by atoms with Gasteiger partial charge in [0.1, 0.15) is 54.4 Å². The van der Waals surface area contributed by atoms with Crippen LogP contribution in [0.1, 0.15) is 91.5 Å². The van der Waals surface area contributed by atoms with E-state index >= 15 is 0 Å². The minimum Gasteiger partial charge on any atom is -0.480 e. The molecular formula is C46H75N13O15. The molecule has 0 unspecified atom stereocenters. The summed E-state index contributed by atoms with van der Waals surface area (Å²) in [5.41, 5.74) is 16.9. The van der Waals surface area contributed by atoms with Crippen molar-refractivity contribution in [3.05, 3.63) is 35.9 Å². The van der Waals surface area contributed by atoms with Crippen molar-refractivity contribution in [1.29, 1.82) is 0 Å². The van der Waals surface area contributed by atoms with E-state index in [2.05, 4.69) is 53.2 Å². The molecule has 1 aromatic carbocycles. The molecule has 0 aliphatic carbocycles. The summed E-state index contributed by atoms with van der Waals surface area (Å²) in [5, 5.41) is 54.1. The lowest BCUT2D eigenvalue weighted by atomic mass is 10.0. The van der Waals surface area contributed by atoms with E-state index in [1.807, 2.05) is 0 Å². The van der Waals surface area contributed by atoms with Gasteiger partial charge in [0.15, 0.2) is 0 Å². The smallest absolute Gasteiger partial charge is 0.326 e. The molecule has 0 spiro atoms. The molecule has 28 heteroatoms. The summed E-state index contributed by atoms with van der Waals surface area (Å²) in [6.07, 6.45) is -1.03. The number of hydrogen-bond acceptors (Lipinski definition) is 16. The van der Waals surface area contributed by atoms with Crippen LogP contribution >= 0.6 is 0 Å². The first-order valence-corrected chi connectivity index (χ1v) is 24.1. The minimum absolute atomic E-state index is 0.0927.